The second-order valence-electron chi connectivity index (χ2n) is 5.08. The van der Waals surface area contributed by atoms with Crippen molar-refractivity contribution in [1.29, 1.82) is 0 Å². The molecule has 2 atom stereocenters. The summed E-state index contributed by atoms with van der Waals surface area (Å²) in [6.45, 7) is 0. The molecule has 2 aromatic carbocycles. The minimum absolute atomic E-state index is 0.110. The van der Waals surface area contributed by atoms with Gasteiger partial charge in [0.2, 0.25) is 5.91 Å². The van der Waals surface area contributed by atoms with Gasteiger partial charge in [-0.1, -0.05) is 54.1 Å². The highest BCUT2D eigenvalue weighted by Gasteiger charge is 2.16. The van der Waals surface area contributed by atoms with Crippen LogP contribution >= 0.6 is 11.6 Å². The van der Waals surface area contributed by atoms with Crippen molar-refractivity contribution in [2.75, 3.05) is 12.0 Å². The maximum atomic E-state index is 12.2. The number of nitrogens with one attached hydrogen (secondary N) is 1. The molecule has 0 bridgehead atoms. The van der Waals surface area contributed by atoms with Crippen LogP contribution in [0.25, 0.3) is 0 Å². The zero-order valence-corrected chi connectivity index (χ0v) is 13.9. The van der Waals surface area contributed by atoms with E-state index >= 15 is 0 Å². The van der Waals surface area contributed by atoms with Gasteiger partial charge in [-0.05, 0) is 23.3 Å². The molecule has 0 radical (unpaired) electrons. The third-order valence-electron chi connectivity index (χ3n) is 3.19. The summed E-state index contributed by atoms with van der Waals surface area (Å²) in [5.41, 5.74) is 1.81. The van der Waals surface area contributed by atoms with Crippen LogP contribution in [0.15, 0.2) is 54.6 Å². The molecule has 0 fully saturated rings. The van der Waals surface area contributed by atoms with E-state index < -0.39 is 10.8 Å². The van der Waals surface area contributed by atoms with Crippen molar-refractivity contribution < 1.29 is 9.00 Å². The first-order chi connectivity index (χ1) is 10.5. The van der Waals surface area contributed by atoms with Gasteiger partial charge in [0.15, 0.2) is 0 Å². The molecule has 0 unspecified atom stereocenters. The van der Waals surface area contributed by atoms with Crippen LogP contribution in [0.5, 0.6) is 0 Å². The summed E-state index contributed by atoms with van der Waals surface area (Å²) >= 11 is 5.93. The van der Waals surface area contributed by atoms with Gasteiger partial charge in [0.25, 0.3) is 0 Å². The Balaban J connectivity index is 2.06. The summed E-state index contributed by atoms with van der Waals surface area (Å²) in [5, 5.41) is 3.57. The zero-order chi connectivity index (χ0) is 15.9. The van der Waals surface area contributed by atoms with Gasteiger partial charge >= 0.3 is 0 Å². The van der Waals surface area contributed by atoms with Crippen LogP contribution in [0.3, 0.4) is 0 Å². The quantitative estimate of drug-likeness (QED) is 0.881. The van der Waals surface area contributed by atoms with E-state index in [4.69, 9.17) is 11.6 Å². The number of halogens is 1. The van der Waals surface area contributed by atoms with Crippen LogP contribution in [0.1, 0.15) is 17.2 Å². The fourth-order valence-corrected chi connectivity index (χ4v) is 3.18. The number of carbonyl (C=O) groups is 1. The predicted molar refractivity (Wildman–Crippen MR) is 91.4 cm³/mol. The minimum atomic E-state index is -0.999. The Morgan fingerprint density at radius 3 is 2.55 bits per heavy atom. The summed E-state index contributed by atoms with van der Waals surface area (Å²) < 4.78 is 11.6. The van der Waals surface area contributed by atoms with E-state index in [9.17, 15) is 9.00 Å². The molecule has 0 saturated carbocycles. The predicted octanol–water partition coefficient (Wildman–Crippen LogP) is 3.12. The van der Waals surface area contributed by atoms with E-state index in [0.29, 0.717) is 10.8 Å². The van der Waals surface area contributed by atoms with Crippen LogP contribution in [0.2, 0.25) is 5.02 Å². The molecule has 1 N–H and O–H groups in total. The van der Waals surface area contributed by atoms with E-state index in [1.165, 1.54) is 0 Å². The molecule has 2 aromatic rings. The second-order valence-corrected chi connectivity index (χ2v) is 6.99. The second kappa shape index (κ2) is 8.11. The third kappa shape index (κ3) is 5.28. The maximum Gasteiger partial charge on any atom is 0.224 e. The highest BCUT2D eigenvalue weighted by atomic mass is 35.5. The highest BCUT2D eigenvalue weighted by Crippen LogP contribution is 2.15. The van der Waals surface area contributed by atoms with Gasteiger partial charge < -0.3 is 5.32 Å². The number of amides is 1. The van der Waals surface area contributed by atoms with Gasteiger partial charge in [-0.25, -0.2) is 0 Å². The molecule has 0 aliphatic carbocycles. The van der Waals surface area contributed by atoms with Crippen LogP contribution in [0.4, 0.5) is 0 Å². The fourth-order valence-electron chi connectivity index (χ4n) is 2.22. The Bertz CT molecular complexity index is 661. The minimum Gasteiger partial charge on any atom is -0.348 e. The summed E-state index contributed by atoms with van der Waals surface area (Å²) in [6, 6.07) is 16.6. The van der Waals surface area contributed by atoms with Crippen molar-refractivity contribution in [2.24, 2.45) is 0 Å². The van der Waals surface area contributed by atoms with Crippen LogP contribution in [0, 0.1) is 0 Å². The summed E-state index contributed by atoms with van der Waals surface area (Å²) in [4.78, 5) is 12.2. The Morgan fingerprint density at radius 1 is 1.18 bits per heavy atom. The molecule has 0 aromatic heterocycles. The number of hydrogen-bond donors (Lipinski definition) is 1. The largest absolute Gasteiger partial charge is 0.348 e. The van der Waals surface area contributed by atoms with E-state index in [1.54, 1.807) is 18.4 Å². The van der Waals surface area contributed by atoms with Crippen molar-refractivity contribution >= 4 is 28.3 Å². The van der Waals surface area contributed by atoms with E-state index in [0.717, 1.165) is 11.1 Å². The Morgan fingerprint density at radius 2 is 1.91 bits per heavy atom. The van der Waals surface area contributed by atoms with Crippen LogP contribution in [-0.2, 0) is 22.0 Å². The average molecular weight is 336 g/mol. The first-order valence-corrected chi connectivity index (χ1v) is 9.04. The molecule has 22 heavy (non-hydrogen) atoms. The van der Waals surface area contributed by atoms with Gasteiger partial charge in [0.1, 0.15) is 0 Å². The Hall–Kier alpha value is -1.65. The fraction of sp³-hybridized carbons (Fsp3) is 0.235. The van der Waals surface area contributed by atoms with Gasteiger partial charge in [0, 0.05) is 27.8 Å². The zero-order valence-electron chi connectivity index (χ0n) is 12.3. The number of carbonyl (C=O) groups excluding carboxylic acids is 1. The van der Waals surface area contributed by atoms with Crippen molar-refractivity contribution in [3.8, 4) is 0 Å². The van der Waals surface area contributed by atoms with Gasteiger partial charge in [-0.15, -0.1) is 0 Å². The SMILES string of the molecule is C[S@@](=O)C[C@H](NC(=O)Cc1cccc(Cl)c1)c1ccccc1. The summed E-state index contributed by atoms with van der Waals surface area (Å²) in [6.07, 6.45) is 1.89. The lowest BCUT2D eigenvalue weighted by Crippen LogP contribution is -2.32. The molecule has 3 nitrogen and oxygen atoms in total. The van der Waals surface area contributed by atoms with Gasteiger partial charge in [-0.3, -0.25) is 9.00 Å². The molecule has 116 valence electrons. The third-order valence-corrected chi connectivity index (χ3v) is 4.23. The first kappa shape index (κ1) is 16.7. The molecule has 0 aliphatic heterocycles. The average Bonchev–Trinajstić information content (AvgIpc) is 2.47. The molecule has 5 heteroatoms. The molecule has 1 amide bonds. The van der Waals surface area contributed by atoms with Crippen molar-refractivity contribution in [3.05, 3.63) is 70.7 Å². The van der Waals surface area contributed by atoms with Crippen LogP contribution < -0.4 is 5.32 Å². The summed E-state index contributed by atoms with van der Waals surface area (Å²) in [7, 11) is -0.999. The Kier molecular flexibility index (Phi) is 6.16. The van der Waals surface area contributed by atoms with E-state index in [2.05, 4.69) is 5.32 Å². The van der Waals surface area contributed by atoms with Gasteiger partial charge in [-0.2, -0.15) is 0 Å². The number of rotatable bonds is 6. The molecule has 2 rings (SSSR count). The number of benzene rings is 2. The topological polar surface area (TPSA) is 46.2 Å². The Labute approximate surface area is 138 Å². The maximum absolute atomic E-state index is 12.2. The van der Waals surface area contributed by atoms with Crippen molar-refractivity contribution in [1.82, 2.24) is 5.32 Å². The lowest BCUT2D eigenvalue weighted by atomic mass is 10.1. The standard InChI is InChI=1S/C17H18ClNO2S/c1-22(21)12-16(14-7-3-2-4-8-14)19-17(20)11-13-6-5-9-15(18)10-13/h2-10,16H,11-12H2,1H3,(H,19,20)/t16-,22+/m0/s1. The monoisotopic (exact) mass is 335 g/mol. The normalized spacial score (nSPS) is 13.4. The smallest absolute Gasteiger partial charge is 0.224 e. The van der Waals surface area contributed by atoms with Crippen molar-refractivity contribution in [3.63, 3.8) is 0 Å². The highest BCUT2D eigenvalue weighted by molar-refractivity contribution is 7.84. The molecular formula is C17H18ClNO2S. The van der Waals surface area contributed by atoms with E-state index in [1.807, 2.05) is 42.5 Å². The number of hydrogen-bond acceptors (Lipinski definition) is 2. The molecular weight excluding hydrogens is 318 g/mol. The lowest BCUT2D eigenvalue weighted by molar-refractivity contribution is -0.121. The van der Waals surface area contributed by atoms with Crippen molar-refractivity contribution in [2.45, 2.75) is 12.5 Å². The molecule has 0 aliphatic rings. The molecule has 0 heterocycles. The van der Waals surface area contributed by atoms with Gasteiger partial charge in [0.05, 0.1) is 12.5 Å². The van der Waals surface area contributed by atoms with Crippen LogP contribution in [-0.4, -0.2) is 22.1 Å². The van der Waals surface area contributed by atoms with E-state index in [-0.39, 0.29) is 18.4 Å². The summed E-state index contributed by atoms with van der Waals surface area (Å²) in [5.74, 6) is 0.284. The lowest BCUT2D eigenvalue weighted by Gasteiger charge is -2.18. The molecule has 0 spiro atoms. The molecule has 0 saturated heterocycles. The first-order valence-electron chi connectivity index (χ1n) is 6.93.